The molecule has 0 radical (unpaired) electrons. The van der Waals surface area contributed by atoms with Gasteiger partial charge in [0.25, 0.3) is 0 Å². The molecule has 1 rings (SSSR count). The molecular weight excluding hydrogens is 168 g/mol. The summed E-state index contributed by atoms with van der Waals surface area (Å²) in [4.78, 5) is 0. The van der Waals surface area contributed by atoms with Crippen LogP contribution in [0, 0.1) is 5.41 Å². The van der Waals surface area contributed by atoms with E-state index in [1.807, 2.05) is 0 Å². The van der Waals surface area contributed by atoms with Crippen LogP contribution in [-0.2, 0) is 0 Å². The van der Waals surface area contributed by atoms with Crippen molar-refractivity contribution >= 4 is 0 Å². The molecular formula is C14H24. The molecule has 0 bridgehead atoms. The summed E-state index contributed by atoms with van der Waals surface area (Å²) in [6, 6.07) is 0. The first-order chi connectivity index (χ1) is 6.71. The van der Waals surface area contributed by atoms with Crippen molar-refractivity contribution in [1.82, 2.24) is 0 Å². The lowest BCUT2D eigenvalue weighted by atomic mass is 9.73. The Hall–Kier alpha value is -0.520. The SMILES string of the molecule is CCC1=CCC(CC)(CC)C=C1CC. The molecule has 0 aromatic heterocycles. The highest BCUT2D eigenvalue weighted by atomic mass is 14.3. The first-order valence-electron chi connectivity index (χ1n) is 6.12. The van der Waals surface area contributed by atoms with Gasteiger partial charge < -0.3 is 0 Å². The fraction of sp³-hybridized carbons (Fsp3) is 0.714. The first kappa shape index (κ1) is 11.6. The molecule has 0 N–H and O–H groups in total. The number of allylic oxidation sites excluding steroid dienone is 4. The molecule has 0 amide bonds. The summed E-state index contributed by atoms with van der Waals surface area (Å²) in [5.74, 6) is 0. The average molecular weight is 192 g/mol. The molecule has 1 aliphatic carbocycles. The van der Waals surface area contributed by atoms with Crippen molar-refractivity contribution in [3.05, 3.63) is 23.3 Å². The summed E-state index contributed by atoms with van der Waals surface area (Å²) in [7, 11) is 0. The van der Waals surface area contributed by atoms with Crippen LogP contribution in [0.15, 0.2) is 23.3 Å². The smallest absolute Gasteiger partial charge is 0.00829 e. The molecule has 0 aromatic rings. The molecule has 0 heteroatoms. The van der Waals surface area contributed by atoms with Gasteiger partial charge in [-0.2, -0.15) is 0 Å². The third kappa shape index (κ3) is 2.10. The lowest BCUT2D eigenvalue weighted by molar-refractivity contribution is 0.349. The second-order valence-corrected chi connectivity index (χ2v) is 4.38. The van der Waals surface area contributed by atoms with Gasteiger partial charge in [0.2, 0.25) is 0 Å². The fourth-order valence-corrected chi connectivity index (χ4v) is 2.42. The highest BCUT2D eigenvalue weighted by Crippen LogP contribution is 2.40. The normalized spacial score (nSPS) is 20.3. The van der Waals surface area contributed by atoms with Gasteiger partial charge >= 0.3 is 0 Å². The maximum Gasteiger partial charge on any atom is -0.00829 e. The highest BCUT2D eigenvalue weighted by Gasteiger charge is 2.26. The van der Waals surface area contributed by atoms with Crippen LogP contribution < -0.4 is 0 Å². The van der Waals surface area contributed by atoms with Crippen molar-refractivity contribution in [3.63, 3.8) is 0 Å². The Balaban J connectivity index is 2.92. The van der Waals surface area contributed by atoms with E-state index in [1.54, 1.807) is 11.1 Å². The predicted octanol–water partition coefficient (Wildman–Crippen LogP) is 4.87. The Morgan fingerprint density at radius 1 is 1.00 bits per heavy atom. The molecule has 0 aliphatic heterocycles. The molecule has 80 valence electrons. The third-order valence-corrected chi connectivity index (χ3v) is 3.82. The van der Waals surface area contributed by atoms with Gasteiger partial charge in [0.15, 0.2) is 0 Å². The Labute approximate surface area is 89.1 Å². The van der Waals surface area contributed by atoms with E-state index in [0.29, 0.717) is 5.41 Å². The summed E-state index contributed by atoms with van der Waals surface area (Å²) < 4.78 is 0. The molecule has 1 aliphatic rings. The molecule has 0 saturated heterocycles. The zero-order valence-electron chi connectivity index (χ0n) is 10.2. The minimum Gasteiger partial charge on any atom is -0.0802 e. The van der Waals surface area contributed by atoms with Crippen molar-refractivity contribution in [2.45, 2.75) is 59.8 Å². The Bertz CT molecular complexity index is 239. The second-order valence-electron chi connectivity index (χ2n) is 4.38. The lowest BCUT2D eigenvalue weighted by Gasteiger charge is -2.32. The van der Waals surface area contributed by atoms with Crippen LogP contribution in [0.1, 0.15) is 59.8 Å². The van der Waals surface area contributed by atoms with Crippen LogP contribution in [0.5, 0.6) is 0 Å². The molecule has 0 aromatic carbocycles. The van der Waals surface area contributed by atoms with Crippen molar-refractivity contribution in [1.29, 1.82) is 0 Å². The first-order valence-corrected chi connectivity index (χ1v) is 6.12. The minimum atomic E-state index is 0.476. The monoisotopic (exact) mass is 192 g/mol. The van der Waals surface area contributed by atoms with E-state index in [4.69, 9.17) is 0 Å². The summed E-state index contributed by atoms with van der Waals surface area (Å²) >= 11 is 0. The molecule has 0 saturated carbocycles. The van der Waals surface area contributed by atoms with Gasteiger partial charge in [-0.3, -0.25) is 0 Å². The average Bonchev–Trinajstić information content (AvgIpc) is 2.28. The second kappa shape index (κ2) is 4.82. The van der Waals surface area contributed by atoms with Gasteiger partial charge in [0.05, 0.1) is 0 Å². The van der Waals surface area contributed by atoms with E-state index in [2.05, 4.69) is 39.8 Å². The minimum absolute atomic E-state index is 0.476. The molecule has 0 fully saturated rings. The number of rotatable bonds is 4. The Kier molecular flexibility index (Phi) is 3.97. The number of hydrogen-bond acceptors (Lipinski definition) is 0. The van der Waals surface area contributed by atoms with Gasteiger partial charge in [0.1, 0.15) is 0 Å². The fourth-order valence-electron chi connectivity index (χ4n) is 2.42. The zero-order chi connectivity index (χ0) is 10.6. The van der Waals surface area contributed by atoms with Crippen LogP contribution in [0.2, 0.25) is 0 Å². The lowest BCUT2D eigenvalue weighted by Crippen LogP contribution is -2.19. The van der Waals surface area contributed by atoms with Gasteiger partial charge in [-0.05, 0) is 48.7 Å². The van der Waals surface area contributed by atoms with Crippen molar-refractivity contribution < 1.29 is 0 Å². The van der Waals surface area contributed by atoms with Crippen molar-refractivity contribution in [2.75, 3.05) is 0 Å². The van der Waals surface area contributed by atoms with Crippen LogP contribution in [-0.4, -0.2) is 0 Å². The summed E-state index contributed by atoms with van der Waals surface area (Å²) in [5, 5.41) is 0. The molecule has 0 unspecified atom stereocenters. The molecule has 0 heterocycles. The predicted molar refractivity (Wildman–Crippen MR) is 64.4 cm³/mol. The van der Waals surface area contributed by atoms with Gasteiger partial charge in [-0.15, -0.1) is 0 Å². The van der Waals surface area contributed by atoms with Gasteiger partial charge in [0, 0.05) is 0 Å². The maximum absolute atomic E-state index is 2.56. The summed E-state index contributed by atoms with van der Waals surface area (Å²) in [6.07, 6.45) is 11.2. The molecule has 0 atom stereocenters. The van der Waals surface area contributed by atoms with E-state index < -0.39 is 0 Å². The van der Waals surface area contributed by atoms with Gasteiger partial charge in [-0.1, -0.05) is 39.8 Å². The van der Waals surface area contributed by atoms with Crippen molar-refractivity contribution in [2.24, 2.45) is 5.41 Å². The van der Waals surface area contributed by atoms with E-state index >= 15 is 0 Å². The van der Waals surface area contributed by atoms with Gasteiger partial charge in [-0.25, -0.2) is 0 Å². The summed E-state index contributed by atoms with van der Waals surface area (Å²) in [5.41, 5.74) is 3.66. The summed E-state index contributed by atoms with van der Waals surface area (Å²) in [6.45, 7) is 9.17. The molecule has 0 spiro atoms. The van der Waals surface area contributed by atoms with Crippen LogP contribution >= 0.6 is 0 Å². The molecule has 14 heavy (non-hydrogen) atoms. The topological polar surface area (TPSA) is 0 Å². The zero-order valence-corrected chi connectivity index (χ0v) is 10.2. The quantitative estimate of drug-likeness (QED) is 0.596. The van der Waals surface area contributed by atoms with Crippen molar-refractivity contribution in [3.8, 4) is 0 Å². The number of hydrogen-bond donors (Lipinski definition) is 0. The van der Waals surface area contributed by atoms with Crippen LogP contribution in [0.25, 0.3) is 0 Å². The largest absolute Gasteiger partial charge is 0.0802 e. The highest BCUT2D eigenvalue weighted by molar-refractivity contribution is 5.36. The van der Waals surface area contributed by atoms with E-state index in [0.717, 1.165) is 0 Å². The third-order valence-electron chi connectivity index (χ3n) is 3.82. The van der Waals surface area contributed by atoms with Crippen LogP contribution in [0.4, 0.5) is 0 Å². The van der Waals surface area contributed by atoms with E-state index in [9.17, 15) is 0 Å². The Morgan fingerprint density at radius 2 is 1.57 bits per heavy atom. The van der Waals surface area contributed by atoms with Crippen LogP contribution in [0.3, 0.4) is 0 Å². The van der Waals surface area contributed by atoms with E-state index in [-0.39, 0.29) is 0 Å². The molecule has 0 nitrogen and oxygen atoms in total. The Morgan fingerprint density at radius 3 is 2.00 bits per heavy atom. The van der Waals surface area contributed by atoms with E-state index in [1.165, 1.54) is 32.1 Å². The standard InChI is InChI=1S/C14H24/c1-5-12-9-10-14(7-3,8-4)11-13(12)6-2/h9,11H,5-8,10H2,1-4H3. The maximum atomic E-state index is 2.56.